The topological polar surface area (TPSA) is 185 Å². The molecule has 0 unspecified atom stereocenters. The normalized spacial score (nSPS) is 13.2. The van der Waals surface area contributed by atoms with E-state index in [1.54, 1.807) is 0 Å². The molecule has 0 saturated carbocycles. The second-order valence-corrected chi connectivity index (χ2v) is 7.25. The third-order valence-corrected chi connectivity index (χ3v) is 4.96. The molecule has 0 radical (unpaired) electrons. The van der Waals surface area contributed by atoms with E-state index in [9.17, 15) is 25.3 Å². The van der Waals surface area contributed by atoms with E-state index in [0.29, 0.717) is 11.6 Å². The van der Waals surface area contributed by atoms with Crippen molar-refractivity contribution in [1.82, 2.24) is 15.0 Å². The largest absolute Gasteiger partial charge is 0.502 e. The lowest BCUT2D eigenvalue weighted by molar-refractivity contribution is -0.385. The Balaban J connectivity index is 1.57. The molecule has 1 aliphatic heterocycles. The van der Waals surface area contributed by atoms with Crippen LogP contribution in [0.2, 0.25) is 0 Å². The number of rotatable bonds is 8. The van der Waals surface area contributed by atoms with Gasteiger partial charge in [-0.3, -0.25) is 20.2 Å². The standard InChI is InChI=1S/C20H19N9O5/c30-17-13(4-3-5-16(17)29(33)34)12-21-26-19-23-18(24-20(25-19)27-10-1-2-11-27)22-14-6-8-15(9-7-14)28(31)32/h3-9,12,30H,1-2,10-11H2,(H2,22,23,24,25,26). The molecule has 14 nitrogen and oxygen atoms in total. The highest BCUT2D eigenvalue weighted by molar-refractivity contribution is 5.85. The maximum atomic E-state index is 11.0. The molecule has 1 aliphatic rings. The predicted octanol–water partition coefficient (Wildman–Crippen LogP) is 3.18. The molecule has 2 aromatic carbocycles. The summed E-state index contributed by atoms with van der Waals surface area (Å²) in [5, 5.41) is 38.9. The van der Waals surface area contributed by atoms with Crippen molar-refractivity contribution in [2.45, 2.75) is 12.8 Å². The van der Waals surface area contributed by atoms with E-state index < -0.39 is 21.3 Å². The fraction of sp³-hybridized carbons (Fsp3) is 0.200. The Morgan fingerprint density at radius 3 is 2.35 bits per heavy atom. The van der Waals surface area contributed by atoms with Crippen LogP contribution in [0.15, 0.2) is 47.6 Å². The highest BCUT2D eigenvalue weighted by Gasteiger charge is 2.18. The summed E-state index contributed by atoms with van der Waals surface area (Å²) in [6, 6.07) is 9.88. The summed E-state index contributed by atoms with van der Waals surface area (Å²) in [6.45, 7) is 1.57. The molecular formula is C20H19N9O5. The number of aromatic nitrogens is 3. The first-order valence-electron chi connectivity index (χ1n) is 10.2. The van der Waals surface area contributed by atoms with Crippen LogP contribution in [0, 0.1) is 20.2 Å². The van der Waals surface area contributed by atoms with Crippen molar-refractivity contribution in [2.75, 3.05) is 28.7 Å². The van der Waals surface area contributed by atoms with Gasteiger partial charge in [-0.2, -0.15) is 20.1 Å². The molecule has 3 aromatic rings. The van der Waals surface area contributed by atoms with Gasteiger partial charge in [-0.25, -0.2) is 5.43 Å². The number of phenols is 1. The number of hydrogen-bond donors (Lipinski definition) is 3. The molecule has 34 heavy (non-hydrogen) atoms. The maximum Gasteiger partial charge on any atom is 0.311 e. The third kappa shape index (κ3) is 5.12. The van der Waals surface area contributed by atoms with Gasteiger partial charge in [0.2, 0.25) is 23.6 Å². The SMILES string of the molecule is O=[N+]([O-])c1ccc(Nc2nc(NN=Cc3cccc([N+](=O)[O-])c3O)nc(N3CCCC3)n2)cc1. The minimum Gasteiger partial charge on any atom is -0.502 e. The molecular weight excluding hydrogens is 446 g/mol. The minimum absolute atomic E-state index is 0.0416. The van der Waals surface area contributed by atoms with E-state index in [2.05, 4.69) is 30.8 Å². The molecule has 0 spiro atoms. The van der Waals surface area contributed by atoms with Crippen molar-refractivity contribution in [2.24, 2.45) is 5.10 Å². The smallest absolute Gasteiger partial charge is 0.311 e. The highest BCUT2D eigenvalue weighted by Crippen LogP contribution is 2.28. The number of nitrogens with zero attached hydrogens (tertiary/aromatic N) is 7. The van der Waals surface area contributed by atoms with Gasteiger partial charge in [0.05, 0.1) is 16.1 Å². The van der Waals surface area contributed by atoms with Gasteiger partial charge in [-0.05, 0) is 31.0 Å². The van der Waals surface area contributed by atoms with Crippen molar-refractivity contribution < 1.29 is 15.0 Å². The lowest BCUT2D eigenvalue weighted by Crippen LogP contribution is -2.21. The number of nitro benzene ring substituents is 2. The number of hydrazone groups is 1. The Morgan fingerprint density at radius 2 is 1.68 bits per heavy atom. The second kappa shape index (κ2) is 9.72. The lowest BCUT2D eigenvalue weighted by atomic mass is 10.2. The molecule has 0 bridgehead atoms. The Morgan fingerprint density at radius 1 is 0.971 bits per heavy atom. The van der Waals surface area contributed by atoms with Crippen LogP contribution < -0.4 is 15.6 Å². The van der Waals surface area contributed by atoms with Crippen LogP contribution in [0.4, 0.5) is 34.9 Å². The van der Waals surface area contributed by atoms with Gasteiger partial charge in [-0.15, -0.1) is 0 Å². The van der Waals surface area contributed by atoms with Crippen LogP contribution >= 0.6 is 0 Å². The Kier molecular flexibility index (Phi) is 6.38. The van der Waals surface area contributed by atoms with Crippen molar-refractivity contribution in [3.05, 3.63) is 68.3 Å². The molecule has 4 rings (SSSR count). The molecule has 2 heterocycles. The number of para-hydroxylation sites is 1. The molecule has 0 aliphatic carbocycles. The zero-order chi connectivity index (χ0) is 24.1. The molecule has 1 aromatic heterocycles. The Hall–Kier alpha value is -4.88. The number of aromatic hydroxyl groups is 1. The number of benzene rings is 2. The summed E-state index contributed by atoms with van der Waals surface area (Å²) in [4.78, 5) is 35.7. The number of non-ortho nitro benzene ring substituents is 1. The maximum absolute atomic E-state index is 11.0. The first-order valence-corrected chi connectivity index (χ1v) is 10.2. The minimum atomic E-state index is -0.690. The van der Waals surface area contributed by atoms with Crippen molar-refractivity contribution in [1.29, 1.82) is 0 Å². The molecule has 1 saturated heterocycles. The number of hydrogen-bond acceptors (Lipinski definition) is 12. The first-order chi connectivity index (χ1) is 16.4. The lowest BCUT2D eigenvalue weighted by Gasteiger charge is -2.16. The van der Waals surface area contributed by atoms with Gasteiger partial charge in [0.15, 0.2) is 0 Å². The van der Waals surface area contributed by atoms with E-state index in [1.807, 2.05) is 4.90 Å². The number of nitrogens with one attached hydrogen (secondary N) is 2. The van der Waals surface area contributed by atoms with Gasteiger partial charge in [0.1, 0.15) is 0 Å². The summed E-state index contributed by atoms with van der Waals surface area (Å²) < 4.78 is 0. The fourth-order valence-corrected chi connectivity index (χ4v) is 3.28. The van der Waals surface area contributed by atoms with Crippen LogP contribution in [0.3, 0.4) is 0 Å². The Bertz CT molecular complexity index is 1240. The van der Waals surface area contributed by atoms with Crippen LogP contribution in [0.5, 0.6) is 5.75 Å². The summed E-state index contributed by atoms with van der Waals surface area (Å²) in [5.74, 6) is 0.212. The zero-order valence-corrected chi connectivity index (χ0v) is 17.7. The average molecular weight is 465 g/mol. The second-order valence-electron chi connectivity index (χ2n) is 7.25. The molecule has 3 N–H and O–H groups in total. The summed E-state index contributed by atoms with van der Waals surface area (Å²) in [5.41, 5.74) is 2.86. The van der Waals surface area contributed by atoms with E-state index in [-0.39, 0.29) is 23.1 Å². The van der Waals surface area contributed by atoms with Crippen molar-refractivity contribution in [3.8, 4) is 5.75 Å². The van der Waals surface area contributed by atoms with Crippen LogP contribution in [0.1, 0.15) is 18.4 Å². The molecule has 14 heteroatoms. The average Bonchev–Trinajstić information content (AvgIpc) is 3.35. The van der Waals surface area contributed by atoms with Gasteiger partial charge in [-0.1, -0.05) is 6.07 Å². The highest BCUT2D eigenvalue weighted by atomic mass is 16.6. The van der Waals surface area contributed by atoms with E-state index >= 15 is 0 Å². The van der Waals surface area contributed by atoms with Gasteiger partial charge >= 0.3 is 5.69 Å². The van der Waals surface area contributed by atoms with Crippen LogP contribution in [-0.4, -0.2) is 49.2 Å². The van der Waals surface area contributed by atoms with E-state index in [4.69, 9.17) is 0 Å². The number of anilines is 4. The Labute approximate surface area is 192 Å². The van der Waals surface area contributed by atoms with Crippen molar-refractivity contribution >= 4 is 41.1 Å². The zero-order valence-electron chi connectivity index (χ0n) is 17.7. The summed E-state index contributed by atoms with van der Waals surface area (Å²) >= 11 is 0. The number of phenolic OH excluding ortho intramolecular Hbond substituents is 1. The predicted molar refractivity (Wildman–Crippen MR) is 124 cm³/mol. The molecule has 0 amide bonds. The van der Waals surface area contributed by atoms with E-state index in [0.717, 1.165) is 25.9 Å². The quantitative estimate of drug-likeness (QED) is 0.252. The van der Waals surface area contributed by atoms with Crippen LogP contribution in [0.25, 0.3) is 0 Å². The van der Waals surface area contributed by atoms with Crippen LogP contribution in [-0.2, 0) is 0 Å². The monoisotopic (exact) mass is 465 g/mol. The summed E-state index contributed by atoms with van der Waals surface area (Å²) in [7, 11) is 0. The molecule has 174 valence electrons. The number of nitro groups is 2. The van der Waals surface area contributed by atoms with Gasteiger partial charge < -0.3 is 15.3 Å². The third-order valence-electron chi connectivity index (χ3n) is 4.96. The molecule has 0 atom stereocenters. The summed E-state index contributed by atoms with van der Waals surface area (Å²) in [6.07, 6.45) is 3.22. The molecule has 1 fully saturated rings. The van der Waals surface area contributed by atoms with Crippen molar-refractivity contribution in [3.63, 3.8) is 0 Å². The first kappa shape index (κ1) is 22.3. The fourth-order valence-electron chi connectivity index (χ4n) is 3.28. The van der Waals surface area contributed by atoms with E-state index in [1.165, 1.54) is 48.7 Å². The van der Waals surface area contributed by atoms with Gasteiger partial charge in [0, 0.05) is 42.5 Å². The van der Waals surface area contributed by atoms with Gasteiger partial charge in [0.25, 0.3) is 5.69 Å².